The molecule has 1 heterocycles. The highest BCUT2D eigenvalue weighted by atomic mass is 19.4. The van der Waals surface area contributed by atoms with Crippen LogP contribution in [0.2, 0.25) is 0 Å². The van der Waals surface area contributed by atoms with Gasteiger partial charge in [0.1, 0.15) is 0 Å². The molecule has 1 saturated heterocycles. The van der Waals surface area contributed by atoms with Gasteiger partial charge < -0.3 is 10.1 Å². The first-order valence-corrected chi connectivity index (χ1v) is 5.94. The normalized spacial score (nSPS) is 25.1. The van der Waals surface area contributed by atoms with Crippen LogP contribution in [0.4, 0.5) is 13.2 Å². The predicted octanol–water partition coefficient (Wildman–Crippen LogP) is 3.14. The van der Waals surface area contributed by atoms with E-state index < -0.39 is 11.7 Å². The smallest absolute Gasteiger partial charge is 0.381 e. The van der Waals surface area contributed by atoms with Crippen LogP contribution in [-0.4, -0.2) is 19.8 Å². The standard InChI is InChI=1S/C13H16F3NO/c1-18-9-6-7-17-12(8-9)10-4-2-3-5-11(10)13(14,15)16/h2-5,9,12,17H,6-8H2,1H3. The van der Waals surface area contributed by atoms with Gasteiger partial charge in [0.2, 0.25) is 0 Å². The maximum Gasteiger partial charge on any atom is 0.416 e. The molecular weight excluding hydrogens is 243 g/mol. The molecule has 1 aliphatic rings. The number of alkyl halides is 3. The molecule has 18 heavy (non-hydrogen) atoms. The van der Waals surface area contributed by atoms with E-state index in [0.29, 0.717) is 18.5 Å². The average molecular weight is 259 g/mol. The third-order valence-electron chi connectivity index (χ3n) is 3.33. The zero-order valence-electron chi connectivity index (χ0n) is 10.1. The molecule has 5 heteroatoms. The van der Waals surface area contributed by atoms with Crippen LogP contribution in [0.3, 0.4) is 0 Å². The fourth-order valence-corrected chi connectivity index (χ4v) is 2.39. The summed E-state index contributed by atoms with van der Waals surface area (Å²) in [5.41, 5.74) is -0.244. The molecule has 1 aromatic carbocycles. The minimum absolute atomic E-state index is 0.0255. The zero-order valence-corrected chi connectivity index (χ0v) is 10.1. The van der Waals surface area contributed by atoms with Crippen LogP contribution >= 0.6 is 0 Å². The fourth-order valence-electron chi connectivity index (χ4n) is 2.39. The first-order chi connectivity index (χ1) is 8.52. The number of ether oxygens (including phenoxy) is 1. The molecule has 0 bridgehead atoms. The van der Waals surface area contributed by atoms with Gasteiger partial charge in [0.25, 0.3) is 0 Å². The zero-order chi connectivity index (χ0) is 13.2. The molecule has 1 aromatic rings. The molecule has 0 saturated carbocycles. The molecule has 0 radical (unpaired) electrons. The van der Waals surface area contributed by atoms with Crippen molar-refractivity contribution in [3.63, 3.8) is 0 Å². The quantitative estimate of drug-likeness (QED) is 0.881. The molecule has 0 aromatic heterocycles. The second kappa shape index (κ2) is 5.28. The van der Waals surface area contributed by atoms with Crippen molar-refractivity contribution in [1.82, 2.24) is 5.32 Å². The summed E-state index contributed by atoms with van der Waals surface area (Å²) < 4.78 is 44.0. The number of rotatable bonds is 2. The second-order valence-electron chi connectivity index (χ2n) is 4.47. The van der Waals surface area contributed by atoms with E-state index in [-0.39, 0.29) is 12.1 Å². The maximum atomic E-state index is 12.9. The number of hydrogen-bond donors (Lipinski definition) is 1. The van der Waals surface area contributed by atoms with Crippen molar-refractivity contribution >= 4 is 0 Å². The van der Waals surface area contributed by atoms with Gasteiger partial charge in [0.05, 0.1) is 11.7 Å². The first-order valence-electron chi connectivity index (χ1n) is 5.94. The summed E-state index contributed by atoms with van der Waals surface area (Å²) in [7, 11) is 1.60. The highest BCUT2D eigenvalue weighted by Gasteiger charge is 2.36. The van der Waals surface area contributed by atoms with Crippen LogP contribution in [0.25, 0.3) is 0 Å². The Bertz CT molecular complexity index is 405. The second-order valence-corrected chi connectivity index (χ2v) is 4.47. The van der Waals surface area contributed by atoms with Gasteiger partial charge in [-0.15, -0.1) is 0 Å². The highest BCUT2D eigenvalue weighted by molar-refractivity contribution is 5.32. The van der Waals surface area contributed by atoms with Crippen LogP contribution in [0, 0.1) is 0 Å². The van der Waals surface area contributed by atoms with Crippen molar-refractivity contribution in [2.75, 3.05) is 13.7 Å². The van der Waals surface area contributed by atoms with Gasteiger partial charge in [-0.3, -0.25) is 0 Å². The molecule has 0 aliphatic carbocycles. The summed E-state index contributed by atoms with van der Waals surface area (Å²) in [5, 5.41) is 3.13. The minimum atomic E-state index is -4.31. The average Bonchev–Trinajstić information content (AvgIpc) is 2.38. The van der Waals surface area contributed by atoms with Crippen molar-refractivity contribution in [1.29, 1.82) is 0 Å². The summed E-state index contributed by atoms with van der Waals surface area (Å²) in [6.07, 6.45) is -2.87. The lowest BCUT2D eigenvalue weighted by molar-refractivity contribution is -0.138. The Labute approximate surface area is 104 Å². The van der Waals surface area contributed by atoms with E-state index in [9.17, 15) is 13.2 Å². The van der Waals surface area contributed by atoms with E-state index in [1.807, 2.05) is 0 Å². The molecule has 0 amide bonds. The third kappa shape index (κ3) is 2.84. The van der Waals surface area contributed by atoms with E-state index in [4.69, 9.17) is 4.74 Å². The third-order valence-corrected chi connectivity index (χ3v) is 3.33. The lowest BCUT2D eigenvalue weighted by Gasteiger charge is -2.31. The molecule has 1 aliphatic heterocycles. The van der Waals surface area contributed by atoms with Gasteiger partial charge in [0, 0.05) is 13.2 Å². The molecule has 1 N–H and O–H groups in total. The molecule has 1 fully saturated rings. The summed E-state index contributed by atoms with van der Waals surface area (Å²) in [5.74, 6) is 0. The van der Waals surface area contributed by atoms with Crippen molar-refractivity contribution in [3.8, 4) is 0 Å². The summed E-state index contributed by atoms with van der Waals surface area (Å²) >= 11 is 0. The monoisotopic (exact) mass is 259 g/mol. The van der Waals surface area contributed by atoms with E-state index in [1.54, 1.807) is 19.2 Å². The van der Waals surface area contributed by atoms with Crippen LogP contribution < -0.4 is 5.32 Å². The van der Waals surface area contributed by atoms with Crippen molar-refractivity contribution in [2.45, 2.75) is 31.2 Å². The SMILES string of the molecule is COC1CCNC(c2ccccc2C(F)(F)F)C1. The largest absolute Gasteiger partial charge is 0.416 e. The molecule has 2 nitrogen and oxygen atoms in total. The highest BCUT2D eigenvalue weighted by Crippen LogP contribution is 2.36. The van der Waals surface area contributed by atoms with Gasteiger partial charge in [-0.1, -0.05) is 18.2 Å². The lowest BCUT2D eigenvalue weighted by atomic mass is 9.92. The Morgan fingerprint density at radius 1 is 1.28 bits per heavy atom. The molecule has 100 valence electrons. The van der Waals surface area contributed by atoms with Crippen LogP contribution in [-0.2, 0) is 10.9 Å². The first kappa shape index (κ1) is 13.4. The number of hydrogen-bond acceptors (Lipinski definition) is 2. The Hall–Kier alpha value is -1.07. The molecular formula is C13H16F3NO. The van der Waals surface area contributed by atoms with Crippen molar-refractivity contribution < 1.29 is 17.9 Å². The fraction of sp³-hybridized carbons (Fsp3) is 0.538. The van der Waals surface area contributed by atoms with Gasteiger partial charge >= 0.3 is 6.18 Å². The van der Waals surface area contributed by atoms with Crippen molar-refractivity contribution in [2.24, 2.45) is 0 Å². The van der Waals surface area contributed by atoms with Crippen molar-refractivity contribution in [3.05, 3.63) is 35.4 Å². The van der Waals surface area contributed by atoms with Gasteiger partial charge in [0.15, 0.2) is 0 Å². The number of piperidine rings is 1. The van der Waals surface area contributed by atoms with Gasteiger partial charge in [-0.25, -0.2) is 0 Å². The number of nitrogens with one attached hydrogen (secondary N) is 1. The maximum absolute atomic E-state index is 12.9. The van der Waals surface area contributed by atoms with E-state index in [1.165, 1.54) is 6.07 Å². The number of halogens is 3. The summed E-state index contributed by atoms with van der Waals surface area (Å²) in [4.78, 5) is 0. The van der Waals surface area contributed by atoms with Gasteiger partial charge in [-0.05, 0) is 31.0 Å². The Kier molecular flexibility index (Phi) is 3.92. The van der Waals surface area contributed by atoms with E-state index >= 15 is 0 Å². The van der Waals surface area contributed by atoms with E-state index in [0.717, 1.165) is 12.5 Å². The summed E-state index contributed by atoms with van der Waals surface area (Å²) in [6, 6.07) is 5.44. The minimum Gasteiger partial charge on any atom is -0.381 e. The number of benzene rings is 1. The molecule has 2 rings (SSSR count). The lowest BCUT2D eigenvalue weighted by Crippen LogP contribution is -2.36. The topological polar surface area (TPSA) is 21.3 Å². The van der Waals surface area contributed by atoms with E-state index in [2.05, 4.69) is 5.32 Å². The Morgan fingerprint density at radius 3 is 2.67 bits per heavy atom. The Morgan fingerprint density at radius 2 is 2.00 bits per heavy atom. The predicted molar refractivity (Wildman–Crippen MR) is 62.2 cm³/mol. The van der Waals surface area contributed by atoms with Crippen LogP contribution in [0.15, 0.2) is 24.3 Å². The molecule has 2 unspecified atom stereocenters. The van der Waals surface area contributed by atoms with Gasteiger partial charge in [-0.2, -0.15) is 13.2 Å². The van der Waals surface area contributed by atoms with Crippen LogP contribution in [0.5, 0.6) is 0 Å². The molecule has 0 spiro atoms. The molecule has 2 atom stereocenters. The number of methoxy groups -OCH3 is 1. The summed E-state index contributed by atoms with van der Waals surface area (Å²) in [6.45, 7) is 0.676. The Balaban J connectivity index is 2.27. The van der Waals surface area contributed by atoms with Crippen LogP contribution in [0.1, 0.15) is 30.0 Å².